The van der Waals surface area contributed by atoms with E-state index in [1.54, 1.807) is 0 Å². The molecule has 19 heavy (non-hydrogen) atoms. The minimum absolute atomic E-state index is 0.640. The summed E-state index contributed by atoms with van der Waals surface area (Å²) in [5.41, 5.74) is 2.51. The van der Waals surface area contributed by atoms with Crippen LogP contribution in [0.2, 0.25) is 5.02 Å². The molecule has 2 aliphatic heterocycles. The van der Waals surface area contributed by atoms with Crippen molar-refractivity contribution in [2.75, 3.05) is 26.2 Å². The molecule has 0 aliphatic carbocycles. The summed E-state index contributed by atoms with van der Waals surface area (Å²) in [5.74, 6) is 1.08. The molecule has 4 heteroatoms. The van der Waals surface area contributed by atoms with Gasteiger partial charge in [0.05, 0.1) is 6.61 Å². The van der Waals surface area contributed by atoms with Crippen LogP contribution >= 0.6 is 11.6 Å². The summed E-state index contributed by atoms with van der Waals surface area (Å²) in [6.45, 7) is 7.24. The van der Waals surface area contributed by atoms with E-state index in [9.17, 15) is 0 Å². The van der Waals surface area contributed by atoms with E-state index in [2.05, 4.69) is 23.2 Å². The molecule has 0 saturated carbocycles. The predicted octanol–water partition coefficient (Wildman–Crippen LogP) is 2.46. The highest BCUT2D eigenvalue weighted by Crippen LogP contribution is 2.34. The summed E-state index contributed by atoms with van der Waals surface area (Å²) in [4.78, 5) is 2.52. The molecule has 1 atom stereocenters. The summed E-state index contributed by atoms with van der Waals surface area (Å²) < 4.78 is 5.79. The Hall–Kier alpha value is -0.770. The minimum atomic E-state index is 0.640. The molecule has 104 valence electrons. The van der Waals surface area contributed by atoms with Crippen molar-refractivity contribution in [1.82, 2.24) is 10.2 Å². The Labute approximate surface area is 119 Å². The molecule has 1 unspecified atom stereocenters. The Bertz CT molecular complexity index is 458. The first kappa shape index (κ1) is 13.2. The van der Waals surface area contributed by atoms with E-state index in [1.165, 1.54) is 17.5 Å². The monoisotopic (exact) mass is 280 g/mol. The van der Waals surface area contributed by atoms with E-state index in [4.69, 9.17) is 16.3 Å². The Balaban J connectivity index is 1.81. The van der Waals surface area contributed by atoms with Crippen LogP contribution in [0.15, 0.2) is 12.1 Å². The van der Waals surface area contributed by atoms with Gasteiger partial charge in [0, 0.05) is 36.1 Å². The maximum Gasteiger partial charge on any atom is 0.127 e. The van der Waals surface area contributed by atoms with Crippen LogP contribution in [0.25, 0.3) is 0 Å². The second-order valence-corrected chi connectivity index (χ2v) is 5.80. The quantitative estimate of drug-likeness (QED) is 0.917. The van der Waals surface area contributed by atoms with Gasteiger partial charge in [-0.2, -0.15) is 0 Å². The standard InChI is InChI=1S/C15H21ClN2O/c1-2-18(14-3-5-17-9-14)10-12-8-13(16)7-11-4-6-19-15(11)12/h7-8,14,17H,2-6,9-10H2,1H3. The van der Waals surface area contributed by atoms with Gasteiger partial charge in [0.1, 0.15) is 5.75 Å². The highest BCUT2D eigenvalue weighted by Gasteiger charge is 2.24. The first-order valence-corrected chi connectivity index (χ1v) is 7.54. The van der Waals surface area contributed by atoms with E-state index in [0.29, 0.717) is 6.04 Å². The summed E-state index contributed by atoms with van der Waals surface area (Å²) in [5, 5.41) is 4.27. The van der Waals surface area contributed by atoms with Gasteiger partial charge in [0.2, 0.25) is 0 Å². The number of fused-ring (bicyclic) bond motifs is 1. The zero-order valence-corrected chi connectivity index (χ0v) is 12.2. The van der Waals surface area contributed by atoms with Gasteiger partial charge >= 0.3 is 0 Å². The van der Waals surface area contributed by atoms with Crippen molar-refractivity contribution in [3.8, 4) is 5.75 Å². The molecule has 3 rings (SSSR count). The van der Waals surface area contributed by atoms with Crippen LogP contribution in [0, 0.1) is 0 Å². The highest BCUT2D eigenvalue weighted by atomic mass is 35.5. The van der Waals surface area contributed by atoms with Crippen LogP contribution in [0.1, 0.15) is 24.5 Å². The lowest BCUT2D eigenvalue weighted by atomic mass is 10.1. The number of nitrogens with zero attached hydrogens (tertiary/aromatic N) is 1. The van der Waals surface area contributed by atoms with E-state index >= 15 is 0 Å². The highest BCUT2D eigenvalue weighted by molar-refractivity contribution is 6.30. The van der Waals surface area contributed by atoms with Crippen LogP contribution < -0.4 is 10.1 Å². The normalized spacial score (nSPS) is 21.7. The molecule has 2 heterocycles. The second kappa shape index (κ2) is 5.70. The number of hydrogen-bond donors (Lipinski definition) is 1. The maximum absolute atomic E-state index is 6.23. The van der Waals surface area contributed by atoms with Crippen molar-refractivity contribution >= 4 is 11.6 Å². The first-order valence-electron chi connectivity index (χ1n) is 7.16. The van der Waals surface area contributed by atoms with Crippen molar-refractivity contribution in [3.63, 3.8) is 0 Å². The lowest BCUT2D eigenvalue weighted by Gasteiger charge is -2.27. The van der Waals surface area contributed by atoms with Crippen LogP contribution in [0.5, 0.6) is 5.75 Å². The van der Waals surface area contributed by atoms with E-state index in [-0.39, 0.29) is 0 Å². The number of likely N-dealkylation sites (N-methyl/N-ethyl adjacent to an activating group) is 1. The van der Waals surface area contributed by atoms with Gasteiger partial charge in [-0.25, -0.2) is 0 Å². The number of ether oxygens (including phenoxy) is 1. The Kier molecular flexibility index (Phi) is 3.96. The Morgan fingerprint density at radius 1 is 1.47 bits per heavy atom. The third-order valence-corrected chi connectivity index (χ3v) is 4.37. The zero-order valence-electron chi connectivity index (χ0n) is 11.4. The molecular formula is C15H21ClN2O. The fourth-order valence-corrected chi connectivity index (χ4v) is 3.40. The van der Waals surface area contributed by atoms with Crippen LogP contribution in [-0.4, -0.2) is 37.2 Å². The second-order valence-electron chi connectivity index (χ2n) is 5.36. The van der Waals surface area contributed by atoms with E-state index in [1.807, 2.05) is 6.07 Å². The molecular weight excluding hydrogens is 260 g/mol. The lowest BCUT2D eigenvalue weighted by Crippen LogP contribution is -2.36. The lowest BCUT2D eigenvalue weighted by molar-refractivity contribution is 0.207. The molecule has 0 aromatic heterocycles. The van der Waals surface area contributed by atoms with Gasteiger partial charge in [-0.15, -0.1) is 0 Å². The Morgan fingerprint density at radius 3 is 3.11 bits per heavy atom. The average molecular weight is 281 g/mol. The number of benzene rings is 1. The number of halogens is 1. The number of nitrogens with one attached hydrogen (secondary N) is 1. The number of hydrogen-bond acceptors (Lipinski definition) is 3. The summed E-state index contributed by atoms with van der Waals surface area (Å²) >= 11 is 6.23. The molecule has 1 aromatic carbocycles. The van der Waals surface area contributed by atoms with Crippen LogP contribution in [0.4, 0.5) is 0 Å². The fraction of sp³-hybridized carbons (Fsp3) is 0.600. The van der Waals surface area contributed by atoms with Crippen molar-refractivity contribution in [2.24, 2.45) is 0 Å². The molecule has 1 fully saturated rings. The van der Waals surface area contributed by atoms with Gasteiger partial charge in [-0.05, 0) is 37.2 Å². The largest absolute Gasteiger partial charge is 0.493 e. The molecule has 3 nitrogen and oxygen atoms in total. The zero-order chi connectivity index (χ0) is 13.2. The number of rotatable bonds is 4. The van der Waals surface area contributed by atoms with Gasteiger partial charge in [-0.3, -0.25) is 4.90 Å². The van der Waals surface area contributed by atoms with Crippen molar-refractivity contribution in [1.29, 1.82) is 0 Å². The van der Waals surface area contributed by atoms with Crippen molar-refractivity contribution < 1.29 is 4.74 Å². The Morgan fingerprint density at radius 2 is 2.37 bits per heavy atom. The van der Waals surface area contributed by atoms with Crippen molar-refractivity contribution in [3.05, 3.63) is 28.3 Å². The topological polar surface area (TPSA) is 24.5 Å². The SMILES string of the molecule is CCN(Cc1cc(Cl)cc2c1OCC2)C1CCNC1. The van der Waals surface area contributed by atoms with Gasteiger partial charge in [-0.1, -0.05) is 18.5 Å². The predicted molar refractivity (Wildman–Crippen MR) is 78.0 cm³/mol. The maximum atomic E-state index is 6.23. The van der Waals surface area contributed by atoms with Gasteiger partial charge in [0.15, 0.2) is 0 Å². The molecule has 1 aromatic rings. The molecule has 0 radical (unpaired) electrons. The average Bonchev–Trinajstić information content (AvgIpc) is 3.05. The molecule has 2 aliphatic rings. The fourth-order valence-electron chi connectivity index (χ4n) is 3.13. The molecule has 0 bridgehead atoms. The summed E-state index contributed by atoms with van der Waals surface area (Å²) in [6, 6.07) is 4.75. The molecule has 1 N–H and O–H groups in total. The first-order chi connectivity index (χ1) is 9.28. The molecule has 0 amide bonds. The van der Waals surface area contributed by atoms with E-state index in [0.717, 1.165) is 50.0 Å². The smallest absolute Gasteiger partial charge is 0.127 e. The van der Waals surface area contributed by atoms with Crippen molar-refractivity contribution in [2.45, 2.75) is 32.4 Å². The third-order valence-electron chi connectivity index (χ3n) is 4.16. The van der Waals surface area contributed by atoms with E-state index < -0.39 is 0 Å². The molecule has 0 spiro atoms. The molecule has 1 saturated heterocycles. The van der Waals surface area contributed by atoms with Gasteiger partial charge < -0.3 is 10.1 Å². The van der Waals surface area contributed by atoms with Crippen LogP contribution in [0.3, 0.4) is 0 Å². The van der Waals surface area contributed by atoms with Gasteiger partial charge in [0.25, 0.3) is 0 Å². The minimum Gasteiger partial charge on any atom is -0.493 e. The summed E-state index contributed by atoms with van der Waals surface area (Å²) in [6.07, 6.45) is 2.22. The summed E-state index contributed by atoms with van der Waals surface area (Å²) in [7, 11) is 0. The third kappa shape index (κ3) is 2.73. The van der Waals surface area contributed by atoms with Crippen LogP contribution in [-0.2, 0) is 13.0 Å².